The molecule has 3 heterocycles. The Bertz CT molecular complexity index is 870. The van der Waals surface area contributed by atoms with Gasteiger partial charge in [-0.15, -0.1) is 11.8 Å². The first-order chi connectivity index (χ1) is 13.3. The maximum absolute atomic E-state index is 5.92. The topological polar surface area (TPSA) is 56.1 Å². The van der Waals surface area contributed by atoms with Crippen molar-refractivity contribution in [3.05, 3.63) is 66.2 Å². The number of ether oxygens (including phenoxy) is 1. The van der Waals surface area contributed by atoms with Crippen LogP contribution in [-0.2, 0) is 17.0 Å². The maximum atomic E-state index is 5.92. The number of thioether (sulfide) groups is 1. The summed E-state index contributed by atoms with van der Waals surface area (Å²) in [6, 6.07) is 10.4. The molecule has 7 heteroatoms. The third kappa shape index (κ3) is 4.87. The van der Waals surface area contributed by atoms with Crippen LogP contribution >= 0.6 is 11.8 Å². The van der Waals surface area contributed by atoms with Crippen molar-refractivity contribution in [2.75, 3.05) is 24.6 Å². The van der Waals surface area contributed by atoms with Gasteiger partial charge < -0.3 is 9.64 Å². The van der Waals surface area contributed by atoms with Gasteiger partial charge in [-0.3, -0.25) is 9.67 Å². The van der Waals surface area contributed by atoms with Gasteiger partial charge in [0.05, 0.1) is 37.8 Å². The molecule has 27 heavy (non-hydrogen) atoms. The van der Waals surface area contributed by atoms with Gasteiger partial charge in [-0.05, 0) is 18.1 Å². The second kappa shape index (κ2) is 8.54. The summed E-state index contributed by atoms with van der Waals surface area (Å²) in [6.45, 7) is 5.11. The van der Waals surface area contributed by atoms with Crippen LogP contribution in [0.1, 0.15) is 11.1 Å². The lowest BCUT2D eigenvalue weighted by molar-refractivity contribution is 0.0271. The molecule has 4 rings (SSSR count). The summed E-state index contributed by atoms with van der Waals surface area (Å²) in [5.41, 5.74) is 2.45. The van der Waals surface area contributed by atoms with E-state index in [-0.39, 0.29) is 6.10 Å². The van der Waals surface area contributed by atoms with Crippen LogP contribution in [0.2, 0.25) is 0 Å². The quantitative estimate of drug-likeness (QED) is 0.611. The zero-order chi connectivity index (χ0) is 18.5. The van der Waals surface area contributed by atoms with Gasteiger partial charge in [0.15, 0.2) is 0 Å². The van der Waals surface area contributed by atoms with Crippen molar-refractivity contribution in [2.45, 2.75) is 30.4 Å². The fraction of sp³-hybridized carbons (Fsp3) is 0.350. The van der Waals surface area contributed by atoms with Crippen LogP contribution in [-0.4, -0.2) is 45.5 Å². The molecule has 0 radical (unpaired) electrons. The van der Waals surface area contributed by atoms with Crippen LogP contribution < -0.4 is 4.90 Å². The van der Waals surface area contributed by atoms with Gasteiger partial charge in [0.2, 0.25) is 0 Å². The van der Waals surface area contributed by atoms with Crippen molar-refractivity contribution in [1.82, 2.24) is 19.7 Å². The minimum Gasteiger partial charge on any atom is -0.373 e. The monoisotopic (exact) mass is 381 g/mol. The van der Waals surface area contributed by atoms with Gasteiger partial charge in [-0.2, -0.15) is 5.10 Å². The highest BCUT2D eigenvalue weighted by Crippen LogP contribution is 2.23. The van der Waals surface area contributed by atoms with Gasteiger partial charge in [0.25, 0.3) is 0 Å². The number of rotatable bonds is 6. The number of aromatic nitrogens is 4. The van der Waals surface area contributed by atoms with Crippen LogP contribution in [0.25, 0.3) is 0 Å². The largest absolute Gasteiger partial charge is 0.373 e. The lowest BCUT2D eigenvalue weighted by Gasteiger charge is -2.33. The SMILES string of the molecule is Cc1cnn(CC2CN(c3cncc(SCc4ccccc4)n3)CCO2)c1. The number of benzene rings is 1. The highest BCUT2D eigenvalue weighted by Gasteiger charge is 2.22. The van der Waals surface area contributed by atoms with Gasteiger partial charge in [-0.1, -0.05) is 30.3 Å². The molecular formula is C20H23N5OS. The summed E-state index contributed by atoms with van der Waals surface area (Å²) < 4.78 is 7.87. The molecule has 1 unspecified atom stereocenters. The summed E-state index contributed by atoms with van der Waals surface area (Å²) in [5, 5.41) is 5.31. The normalized spacial score (nSPS) is 17.2. The van der Waals surface area contributed by atoms with E-state index >= 15 is 0 Å². The molecule has 1 aromatic carbocycles. The molecule has 0 spiro atoms. The first kappa shape index (κ1) is 18.0. The van der Waals surface area contributed by atoms with E-state index in [1.807, 2.05) is 42.5 Å². The fourth-order valence-corrected chi connectivity index (χ4v) is 3.91. The lowest BCUT2D eigenvalue weighted by atomic mass is 10.2. The molecule has 2 aromatic heterocycles. The van der Waals surface area contributed by atoms with Crippen LogP contribution in [0.4, 0.5) is 5.82 Å². The van der Waals surface area contributed by atoms with Crippen molar-refractivity contribution >= 4 is 17.6 Å². The Kier molecular flexibility index (Phi) is 5.69. The van der Waals surface area contributed by atoms with E-state index in [4.69, 9.17) is 9.72 Å². The first-order valence-corrected chi connectivity index (χ1v) is 10.1. The second-order valence-corrected chi connectivity index (χ2v) is 7.66. The molecule has 0 amide bonds. The van der Waals surface area contributed by atoms with Crippen molar-refractivity contribution in [3.63, 3.8) is 0 Å². The molecule has 0 bridgehead atoms. The third-order valence-electron chi connectivity index (χ3n) is 4.45. The van der Waals surface area contributed by atoms with Gasteiger partial charge >= 0.3 is 0 Å². The first-order valence-electron chi connectivity index (χ1n) is 9.10. The lowest BCUT2D eigenvalue weighted by Crippen LogP contribution is -2.44. The summed E-state index contributed by atoms with van der Waals surface area (Å²) in [4.78, 5) is 11.5. The number of hydrogen-bond donors (Lipinski definition) is 0. The molecule has 6 nitrogen and oxygen atoms in total. The Morgan fingerprint density at radius 1 is 1.19 bits per heavy atom. The molecular weight excluding hydrogens is 358 g/mol. The van der Waals surface area contributed by atoms with Crippen molar-refractivity contribution in [2.24, 2.45) is 0 Å². The van der Waals surface area contributed by atoms with Crippen molar-refractivity contribution < 1.29 is 4.74 Å². The fourth-order valence-electron chi connectivity index (χ4n) is 3.11. The molecule has 1 fully saturated rings. The smallest absolute Gasteiger partial charge is 0.148 e. The molecule has 1 atom stereocenters. The molecule has 1 aliphatic heterocycles. The van der Waals surface area contributed by atoms with Crippen LogP contribution in [0.15, 0.2) is 60.1 Å². The second-order valence-electron chi connectivity index (χ2n) is 6.67. The maximum Gasteiger partial charge on any atom is 0.148 e. The number of aryl methyl sites for hydroxylation is 1. The summed E-state index contributed by atoms with van der Waals surface area (Å²) in [7, 11) is 0. The minimum atomic E-state index is 0.0977. The zero-order valence-corrected chi connectivity index (χ0v) is 16.2. The predicted molar refractivity (Wildman–Crippen MR) is 107 cm³/mol. The Morgan fingerprint density at radius 2 is 2.07 bits per heavy atom. The van der Waals surface area contributed by atoms with E-state index in [2.05, 4.69) is 39.2 Å². The molecule has 3 aromatic rings. The Hall–Kier alpha value is -2.38. The molecule has 140 valence electrons. The highest BCUT2D eigenvalue weighted by molar-refractivity contribution is 7.98. The Balaban J connectivity index is 1.38. The summed E-state index contributed by atoms with van der Waals surface area (Å²) >= 11 is 1.71. The Morgan fingerprint density at radius 3 is 2.89 bits per heavy atom. The van der Waals surface area contributed by atoms with Crippen LogP contribution in [0, 0.1) is 6.92 Å². The van der Waals surface area contributed by atoms with Crippen LogP contribution in [0.3, 0.4) is 0 Å². The van der Waals surface area contributed by atoms with Crippen molar-refractivity contribution in [1.29, 1.82) is 0 Å². The average Bonchev–Trinajstić information content (AvgIpc) is 3.12. The number of nitrogens with zero attached hydrogens (tertiary/aromatic N) is 5. The summed E-state index contributed by atoms with van der Waals surface area (Å²) in [5.74, 6) is 1.81. The highest BCUT2D eigenvalue weighted by atomic mass is 32.2. The summed E-state index contributed by atoms with van der Waals surface area (Å²) in [6.07, 6.45) is 7.69. The van der Waals surface area contributed by atoms with Crippen molar-refractivity contribution in [3.8, 4) is 0 Å². The van der Waals surface area contributed by atoms with E-state index in [1.165, 1.54) is 5.56 Å². The van der Waals surface area contributed by atoms with E-state index in [1.54, 1.807) is 11.8 Å². The number of anilines is 1. The van der Waals surface area contributed by atoms with E-state index in [0.717, 1.165) is 41.8 Å². The minimum absolute atomic E-state index is 0.0977. The van der Waals surface area contributed by atoms with E-state index in [9.17, 15) is 0 Å². The molecule has 0 N–H and O–H groups in total. The van der Waals surface area contributed by atoms with Gasteiger partial charge in [-0.25, -0.2) is 4.98 Å². The Labute approximate surface area is 163 Å². The molecule has 1 saturated heterocycles. The van der Waals surface area contributed by atoms with E-state index < -0.39 is 0 Å². The third-order valence-corrected chi connectivity index (χ3v) is 5.42. The van der Waals surface area contributed by atoms with Gasteiger partial charge in [0.1, 0.15) is 10.8 Å². The molecule has 0 saturated carbocycles. The standard InChI is InChI=1S/C20H23N5OS/c1-16-9-22-25(12-16)14-18-13-24(7-8-26-18)19-10-21-11-20(23-19)27-15-17-5-3-2-4-6-17/h2-6,9-12,18H,7-8,13-15H2,1H3. The average molecular weight is 382 g/mol. The zero-order valence-electron chi connectivity index (χ0n) is 15.4. The van der Waals surface area contributed by atoms with Crippen LogP contribution in [0.5, 0.6) is 0 Å². The predicted octanol–water partition coefficient (Wildman–Crippen LogP) is 3.18. The molecule has 0 aliphatic carbocycles. The number of morpholine rings is 1. The molecule has 1 aliphatic rings. The van der Waals surface area contributed by atoms with E-state index in [0.29, 0.717) is 6.61 Å². The number of hydrogen-bond acceptors (Lipinski definition) is 6. The van der Waals surface area contributed by atoms with Gasteiger partial charge in [0, 0.05) is 25.0 Å².